The number of nitrogens with zero attached hydrogens (tertiary/aromatic N) is 2. The Morgan fingerprint density at radius 2 is 1.10 bits per heavy atom. The summed E-state index contributed by atoms with van der Waals surface area (Å²) in [4.78, 5) is 4.95. The van der Waals surface area contributed by atoms with Crippen molar-refractivity contribution in [3.05, 3.63) is 159 Å². The van der Waals surface area contributed by atoms with Crippen molar-refractivity contribution in [3.63, 3.8) is 0 Å². The van der Waals surface area contributed by atoms with Crippen molar-refractivity contribution >= 4 is 51.3 Å². The summed E-state index contributed by atoms with van der Waals surface area (Å²) in [5.74, 6) is 0. The number of halogens is 1. The standard InChI is InChI=1S/C58H71ClN2/c1-15-17-19-40(16-2)48-34-41(54(4,5)6)22-27-53(48)61(43-21-18-20-42(59)35-43)47-33-39(3)32-46(36-47)60(44-23-25-49-51(37-44)57(11,12)30-28-55(49,7)8)45-24-26-50-52(38-45)58(13,14)31-29-56(50,9)10/h16-27,32-38H,15,28-31H2,1-14H3/b19-17-,40-16+. The Balaban J connectivity index is 1.52. The maximum atomic E-state index is 6.86. The largest absolute Gasteiger partial charge is 0.310 e. The van der Waals surface area contributed by atoms with Gasteiger partial charge in [-0.05, 0) is 185 Å². The van der Waals surface area contributed by atoms with Crippen molar-refractivity contribution in [2.24, 2.45) is 0 Å². The van der Waals surface area contributed by atoms with Gasteiger partial charge < -0.3 is 9.80 Å². The van der Waals surface area contributed by atoms with Gasteiger partial charge in [-0.3, -0.25) is 0 Å². The molecule has 0 aliphatic heterocycles. The minimum Gasteiger partial charge on any atom is -0.310 e. The average molecular weight is 832 g/mol. The van der Waals surface area contributed by atoms with E-state index >= 15 is 0 Å². The van der Waals surface area contributed by atoms with Crippen LogP contribution in [0.5, 0.6) is 0 Å². The van der Waals surface area contributed by atoms with Gasteiger partial charge in [0.25, 0.3) is 0 Å². The van der Waals surface area contributed by atoms with Crippen LogP contribution in [0, 0.1) is 6.92 Å². The summed E-state index contributed by atoms with van der Waals surface area (Å²) in [6, 6.07) is 37.1. The van der Waals surface area contributed by atoms with Gasteiger partial charge in [-0.2, -0.15) is 0 Å². The minimum atomic E-state index is -0.0181. The molecule has 2 aliphatic rings. The Morgan fingerprint density at radius 3 is 1.59 bits per heavy atom. The highest BCUT2D eigenvalue weighted by atomic mass is 35.5. The molecule has 3 heteroatoms. The van der Waals surface area contributed by atoms with Crippen LogP contribution in [0.2, 0.25) is 5.02 Å². The number of hydrogen-bond acceptors (Lipinski definition) is 2. The molecule has 5 aromatic carbocycles. The van der Waals surface area contributed by atoms with Crippen LogP contribution in [-0.4, -0.2) is 0 Å². The molecule has 2 nitrogen and oxygen atoms in total. The summed E-state index contributed by atoms with van der Waals surface area (Å²) in [5, 5.41) is 0.709. The molecule has 0 radical (unpaired) electrons. The Morgan fingerprint density at radius 1 is 0.590 bits per heavy atom. The van der Waals surface area contributed by atoms with Crippen LogP contribution in [0.3, 0.4) is 0 Å². The van der Waals surface area contributed by atoms with Crippen LogP contribution in [0.1, 0.15) is 161 Å². The van der Waals surface area contributed by atoms with Gasteiger partial charge in [0, 0.05) is 39.0 Å². The van der Waals surface area contributed by atoms with E-state index in [4.69, 9.17) is 11.6 Å². The lowest BCUT2D eigenvalue weighted by Gasteiger charge is -2.43. The van der Waals surface area contributed by atoms with Crippen LogP contribution >= 0.6 is 11.6 Å². The van der Waals surface area contributed by atoms with Crippen molar-refractivity contribution in [2.75, 3.05) is 9.80 Å². The van der Waals surface area contributed by atoms with Crippen LogP contribution < -0.4 is 9.80 Å². The maximum absolute atomic E-state index is 6.86. The van der Waals surface area contributed by atoms with Gasteiger partial charge in [-0.15, -0.1) is 0 Å². The zero-order valence-electron chi connectivity index (χ0n) is 39.8. The molecule has 0 N–H and O–H groups in total. The van der Waals surface area contributed by atoms with Crippen molar-refractivity contribution in [2.45, 2.75) is 156 Å². The van der Waals surface area contributed by atoms with Crippen molar-refractivity contribution in [1.82, 2.24) is 0 Å². The molecular weight excluding hydrogens is 760 g/mol. The molecule has 0 atom stereocenters. The van der Waals surface area contributed by atoms with E-state index in [1.165, 1.54) is 81.6 Å². The normalized spacial score (nSPS) is 17.8. The number of rotatable bonds is 9. The van der Waals surface area contributed by atoms with Crippen LogP contribution in [0.25, 0.3) is 5.57 Å². The molecule has 0 heterocycles. The highest BCUT2D eigenvalue weighted by Crippen LogP contribution is 2.52. The fourth-order valence-electron chi connectivity index (χ4n) is 9.94. The molecule has 0 bridgehead atoms. The quantitative estimate of drug-likeness (QED) is 0.137. The van der Waals surface area contributed by atoms with E-state index in [0.29, 0.717) is 5.02 Å². The zero-order valence-corrected chi connectivity index (χ0v) is 40.5. The van der Waals surface area contributed by atoms with E-state index in [2.05, 4.69) is 216 Å². The molecule has 61 heavy (non-hydrogen) atoms. The summed E-state index contributed by atoms with van der Waals surface area (Å²) in [5.41, 5.74) is 17.9. The molecule has 0 saturated carbocycles. The molecule has 2 aliphatic carbocycles. The van der Waals surface area contributed by atoms with Gasteiger partial charge in [0.05, 0.1) is 5.69 Å². The summed E-state index contributed by atoms with van der Waals surface area (Å²) in [6.07, 6.45) is 12.5. The number of anilines is 6. The molecule has 0 amide bonds. The Labute approximate surface area is 374 Å². The monoisotopic (exact) mass is 831 g/mol. The average Bonchev–Trinajstić information content (AvgIpc) is 3.19. The molecule has 0 spiro atoms. The summed E-state index contributed by atoms with van der Waals surface area (Å²) < 4.78 is 0. The van der Waals surface area contributed by atoms with E-state index in [1.54, 1.807) is 0 Å². The highest BCUT2D eigenvalue weighted by molar-refractivity contribution is 6.30. The van der Waals surface area contributed by atoms with E-state index in [-0.39, 0.29) is 27.1 Å². The molecule has 5 aromatic rings. The second-order valence-electron chi connectivity index (χ2n) is 21.7. The first-order chi connectivity index (χ1) is 28.6. The second-order valence-corrected chi connectivity index (χ2v) is 22.1. The predicted molar refractivity (Wildman–Crippen MR) is 268 cm³/mol. The minimum absolute atomic E-state index is 0.0181. The van der Waals surface area contributed by atoms with Crippen molar-refractivity contribution in [1.29, 1.82) is 0 Å². The van der Waals surface area contributed by atoms with Gasteiger partial charge in [0.15, 0.2) is 0 Å². The zero-order chi connectivity index (χ0) is 44.3. The number of allylic oxidation sites excluding steroid dienone is 4. The first-order valence-corrected chi connectivity index (χ1v) is 23.2. The van der Waals surface area contributed by atoms with E-state index < -0.39 is 0 Å². The van der Waals surface area contributed by atoms with Gasteiger partial charge in [-0.1, -0.05) is 137 Å². The molecule has 7 rings (SSSR count). The fourth-order valence-corrected chi connectivity index (χ4v) is 10.1. The van der Waals surface area contributed by atoms with Crippen LogP contribution in [0.4, 0.5) is 34.1 Å². The van der Waals surface area contributed by atoms with Crippen LogP contribution in [-0.2, 0) is 27.1 Å². The van der Waals surface area contributed by atoms with Gasteiger partial charge in [0.2, 0.25) is 0 Å². The van der Waals surface area contributed by atoms with E-state index in [9.17, 15) is 0 Å². The number of hydrogen-bond donors (Lipinski definition) is 0. The second kappa shape index (κ2) is 16.3. The number of aryl methyl sites for hydroxylation is 1. The lowest BCUT2D eigenvalue weighted by molar-refractivity contribution is 0.332. The molecule has 0 unspecified atom stereocenters. The molecule has 0 fully saturated rings. The third-order valence-corrected chi connectivity index (χ3v) is 14.3. The summed E-state index contributed by atoms with van der Waals surface area (Å²) >= 11 is 6.86. The van der Waals surface area contributed by atoms with E-state index in [0.717, 1.165) is 29.2 Å². The lowest BCUT2D eigenvalue weighted by Crippen LogP contribution is -2.34. The summed E-state index contributed by atoms with van der Waals surface area (Å²) in [6.45, 7) is 32.9. The highest BCUT2D eigenvalue weighted by Gasteiger charge is 2.39. The Kier molecular flexibility index (Phi) is 11.9. The maximum Gasteiger partial charge on any atom is 0.0540 e. The first-order valence-electron chi connectivity index (χ1n) is 22.8. The van der Waals surface area contributed by atoms with Gasteiger partial charge >= 0.3 is 0 Å². The van der Waals surface area contributed by atoms with Gasteiger partial charge in [0.1, 0.15) is 0 Å². The van der Waals surface area contributed by atoms with Gasteiger partial charge in [-0.25, -0.2) is 0 Å². The third-order valence-electron chi connectivity index (χ3n) is 14.1. The first kappa shape index (κ1) is 44.5. The smallest absolute Gasteiger partial charge is 0.0540 e. The van der Waals surface area contributed by atoms with Crippen molar-refractivity contribution in [3.8, 4) is 0 Å². The third kappa shape index (κ3) is 8.77. The van der Waals surface area contributed by atoms with Crippen LogP contribution in [0.15, 0.2) is 115 Å². The van der Waals surface area contributed by atoms with E-state index in [1.807, 2.05) is 6.07 Å². The Bertz CT molecular complexity index is 2420. The Hall–Kier alpha value is -4.53. The molecule has 0 saturated heterocycles. The summed E-state index contributed by atoms with van der Waals surface area (Å²) in [7, 11) is 0. The SMILES string of the molecule is C/C=C(\C=C/CC)c1cc(C(C)(C)C)ccc1N(c1cccc(Cl)c1)c1cc(C)cc(N(c2ccc3c(c2)C(C)(C)CCC3(C)C)c2ccc3c(c2)C(C)(C)CCC3(C)C)c1. The lowest BCUT2D eigenvalue weighted by atomic mass is 9.63. The fraction of sp³-hybridized carbons (Fsp3) is 0.414. The topological polar surface area (TPSA) is 6.48 Å². The van der Waals surface area contributed by atoms with Crippen molar-refractivity contribution < 1.29 is 0 Å². The molecule has 0 aromatic heterocycles. The number of fused-ring (bicyclic) bond motifs is 2. The molecular formula is C58H71ClN2. The molecule has 320 valence electrons. The number of benzene rings is 5. The predicted octanol–water partition coefficient (Wildman–Crippen LogP) is 18.0.